The molecule has 4 rings (SSSR count). The predicted octanol–water partition coefficient (Wildman–Crippen LogP) is 5.66. The van der Waals surface area contributed by atoms with Gasteiger partial charge in [0, 0.05) is 12.6 Å². The van der Waals surface area contributed by atoms with Gasteiger partial charge >= 0.3 is 6.09 Å². The number of aryl methyl sites for hydroxylation is 1. The van der Waals surface area contributed by atoms with Gasteiger partial charge in [-0.3, -0.25) is 4.79 Å². The number of alkyl carbamates (subject to hydrolysis) is 1. The number of amides is 2. The van der Waals surface area contributed by atoms with Crippen molar-refractivity contribution in [3.05, 3.63) is 76.2 Å². The van der Waals surface area contributed by atoms with Gasteiger partial charge in [-0.25, -0.2) is 9.18 Å². The number of rotatable bonds is 7. The van der Waals surface area contributed by atoms with Crippen LogP contribution in [0.15, 0.2) is 53.1 Å². The second-order valence-corrected chi connectivity index (χ2v) is 9.12. The Labute approximate surface area is 208 Å². The molecule has 0 aliphatic heterocycles. The monoisotopic (exact) mass is 499 g/mol. The molecule has 1 aromatic heterocycles. The first-order valence-electron chi connectivity index (χ1n) is 11.6. The van der Waals surface area contributed by atoms with Gasteiger partial charge in [-0.15, -0.1) is 0 Å². The SMILES string of the molecule is Cc1noc(-c2c(F)cccc2Cl)c1C(=O)N[C@@H]1CCC[C@H](CNC(=O)OCc2ccccc2)C1. The molecule has 0 bridgehead atoms. The van der Waals surface area contributed by atoms with Crippen molar-refractivity contribution in [1.29, 1.82) is 0 Å². The summed E-state index contributed by atoms with van der Waals surface area (Å²) in [6, 6.07) is 13.6. The highest BCUT2D eigenvalue weighted by molar-refractivity contribution is 6.33. The van der Waals surface area contributed by atoms with Crippen molar-refractivity contribution in [3.8, 4) is 11.3 Å². The van der Waals surface area contributed by atoms with E-state index in [0.717, 1.165) is 24.8 Å². The third kappa shape index (κ3) is 6.19. The minimum absolute atomic E-state index is 0.0123. The average molecular weight is 500 g/mol. The molecule has 2 N–H and O–H groups in total. The molecule has 0 unspecified atom stereocenters. The van der Waals surface area contributed by atoms with E-state index in [0.29, 0.717) is 18.7 Å². The first-order valence-corrected chi connectivity index (χ1v) is 12.0. The summed E-state index contributed by atoms with van der Waals surface area (Å²) < 4.78 is 25.0. The molecule has 0 radical (unpaired) electrons. The van der Waals surface area contributed by atoms with Crippen LogP contribution in [0.2, 0.25) is 5.02 Å². The Morgan fingerprint density at radius 1 is 1.17 bits per heavy atom. The average Bonchev–Trinajstić information content (AvgIpc) is 3.23. The van der Waals surface area contributed by atoms with Crippen LogP contribution in [0.4, 0.5) is 9.18 Å². The summed E-state index contributed by atoms with van der Waals surface area (Å²) >= 11 is 6.17. The van der Waals surface area contributed by atoms with E-state index in [1.807, 2.05) is 30.3 Å². The van der Waals surface area contributed by atoms with Gasteiger partial charge in [0.25, 0.3) is 5.91 Å². The van der Waals surface area contributed by atoms with Crippen molar-refractivity contribution in [2.45, 2.75) is 45.3 Å². The summed E-state index contributed by atoms with van der Waals surface area (Å²) in [4.78, 5) is 25.2. The smallest absolute Gasteiger partial charge is 0.407 e. The highest BCUT2D eigenvalue weighted by Gasteiger charge is 2.29. The number of benzene rings is 2. The van der Waals surface area contributed by atoms with Gasteiger partial charge < -0.3 is 19.9 Å². The second-order valence-electron chi connectivity index (χ2n) is 8.71. The highest BCUT2D eigenvalue weighted by Crippen LogP contribution is 2.34. The van der Waals surface area contributed by atoms with Gasteiger partial charge in [0.1, 0.15) is 18.0 Å². The Bertz CT molecular complexity index is 1160. The maximum atomic E-state index is 14.5. The Morgan fingerprint density at radius 2 is 1.97 bits per heavy atom. The lowest BCUT2D eigenvalue weighted by molar-refractivity contribution is 0.0917. The Hall–Kier alpha value is -3.39. The number of nitrogens with one attached hydrogen (secondary N) is 2. The molecule has 1 aliphatic carbocycles. The van der Waals surface area contributed by atoms with E-state index < -0.39 is 11.9 Å². The maximum absolute atomic E-state index is 14.5. The van der Waals surface area contributed by atoms with E-state index in [4.69, 9.17) is 20.9 Å². The molecule has 3 aromatic rings. The summed E-state index contributed by atoms with van der Waals surface area (Å²) in [7, 11) is 0. The van der Waals surface area contributed by atoms with Gasteiger partial charge in [0.2, 0.25) is 0 Å². The quantitative estimate of drug-likeness (QED) is 0.437. The van der Waals surface area contributed by atoms with Crippen molar-refractivity contribution in [1.82, 2.24) is 15.8 Å². The normalized spacial score (nSPS) is 17.6. The first kappa shape index (κ1) is 24.7. The molecule has 2 amide bonds. The number of halogens is 2. The van der Waals surface area contributed by atoms with E-state index >= 15 is 0 Å². The van der Waals surface area contributed by atoms with Crippen LogP contribution >= 0.6 is 11.6 Å². The molecular formula is C26H27ClFN3O4. The van der Waals surface area contributed by atoms with Crippen LogP contribution in [-0.2, 0) is 11.3 Å². The molecule has 1 aliphatic rings. The molecule has 1 heterocycles. The minimum atomic E-state index is -0.592. The van der Waals surface area contributed by atoms with E-state index in [1.54, 1.807) is 6.92 Å². The zero-order chi connectivity index (χ0) is 24.8. The molecule has 2 atom stereocenters. The van der Waals surface area contributed by atoms with Crippen molar-refractivity contribution in [3.63, 3.8) is 0 Å². The zero-order valence-electron chi connectivity index (χ0n) is 19.4. The Kier molecular flexibility index (Phi) is 8.02. The summed E-state index contributed by atoms with van der Waals surface area (Å²) in [6.45, 7) is 2.30. The van der Waals surface area contributed by atoms with Crippen LogP contribution in [0.3, 0.4) is 0 Å². The maximum Gasteiger partial charge on any atom is 0.407 e. The van der Waals surface area contributed by atoms with Crippen LogP contribution in [0.1, 0.15) is 47.3 Å². The molecule has 2 aromatic carbocycles. The summed E-state index contributed by atoms with van der Waals surface area (Å²) in [5.41, 5.74) is 1.46. The van der Waals surface area contributed by atoms with E-state index in [9.17, 15) is 14.0 Å². The van der Waals surface area contributed by atoms with Gasteiger partial charge in [-0.05, 0) is 49.8 Å². The number of nitrogens with zero attached hydrogens (tertiary/aromatic N) is 1. The molecule has 9 heteroatoms. The molecular weight excluding hydrogens is 473 g/mol. The van der Waals surface area contributed by atoms with Crippen LogP contribution in [0.25, 0.3) is 11.3 Å². The van der Waals surface area contributed by atoms with E-state index in [1.165, 1.54) is 18.2 Å². The Morgan fingerprint density at radius 3 is 2.74 bits per heavy atom. The van der Waals surface area contributed by atoms with Crippen molar-refractivity contribution < 1.29 is 23.2 Å². The van der Waals surface area contributed by atoms with Crippen LogP contribution in [0, 0.1) is 18.7 Å². The Balaban J connectivity index is 1.33. The van der Waals surface area contributed by atoms with Gasteiger partial charge in [0.05, 0.1) is 16.3 Å². The standard InChI is InChI=1S/C26H27ClFN3O4/c1-16-22(24(35-31-16)23-20(27)11-6-12-21(23)28)25(32)30-19-10-5-9-18(13-19)14-29-26(33)34-15-17-7-3-2-4-8-17/h2-4,6-8,11-12,18-19H,5,9-10,13-15H2,1H3,(H,29,33)(H,30,32)/t18-,19+/m0/s1. The molecule has 0 saturated heterocycles. The van der Waals surface area contributed by atoms with Crippen molar-refractivity contribution in [2.24, 2.45) is 5.92 Å². The van der Waals surface area contributed by atoms with Crippen molar-refractivity contribution >= 4 is 23.6 Å². The van der Waals surface area contributed by atoms with Gasteiger partial charge in [-0.2, -0.15) is 0 Å². The minimum Gasteiger partial charge on any atom is -0.445 e. The number of carbonyl (C=O) groups is 2. The fourth-order valence-electron chi connectivity index (χ4n) is 4.39. The lowest BCUT2D eigenvalue weighted by atomic mass is 9.85. The zero-order valence-corrected chi connectivity index (χ0v) is 20.1. The third-order valence-corrected chi connectivity index (χ3v) is 6.46. The van der Waals surface area contributed by atoms with Crippen LogP contribution in [-0.4, -0.2) is 29.7 Å². The van der Waals surface area contributed by atoms with Crippen LogP contribution < -0.4 is 10.6 Å². The first-order chi connectivity index (χ1) is 16.9. The summed E-state index contributed by atoms with van der Waals surface area (Å²) in [6.07, 6.45) is 2.89. The number of hydrogen-bond acceptors (Lipinski definition) is 5. The number of aromatic nitrogens is 1. The molecule has 0 spiro atoms. The molecule has 1 saturated carbocycles. The van der Waals surface area contributed by atoms with E-state index in [2.05, 4.69) is 15.8 Å². The lowest BCUT2D eigenvalue weighted by Gasteiger charge is -2.29. The second kappa shape index (κ2) is 11.4. The summed E-state index contributed by atoms with van der Waals surface area (Å²) in [5, 5.41) is 9.86. The van der Waals surface area contributed by atoms with Crippen molar-refractivity contribution in [2.75, 3.05) is 6.54 Å². The fraction of sp³-hybridized carbons (Fsp3) is 0.346. The van der Waals surface area contributed by atoms with Gasteiger partial charge in [0.15, 0.2) is 5.76 Å². The molecule has 184 valence electrons. The molecule has 35 heavy (non-hydrogen) atoms. The third-order valence-electron chi connectivity index (χ3n) is 6.15. The lowest BCUT2D eigenvalue weighted by Crippen LogP contribution is -2.41. The van der Waals surface area contributed by atoms with E-state index in [-0.39, 0.29) is 46.4 Å². The predicted molar refractivity (Wildman–Crippen MR) is 129 cm³/mol. The topological polar surface area (TPSA) is 93.5 Å². The number of hydrogen-bond donors (Lipinski definition) is 2. The molecule has 1 fully saturated rings. The largest absolute Gasteiger partial charge is 0.445 e. The molecule has 7 nitrogen and oxygen atoms in total. The van der Waals surface area contributed by atoms with Crippen LogP contribution in [0.5, 0.6) is 0 Å². The highest BCUT2D eigenvalue weighted by atomic mass is 35.5. The summed E-state index contributed by atoms with van der Waals surface area (Å²) in [5.74, 6) is -0.773. The fourth-order valence-corrected chi connectivity index (χ4v) is 4.64. The van der Waals surface area contributed by atoms with Gasteiger partial charge in [-0.1, -0.05) is 59.6 Å². The number of carbonyl (C=O) groups excluding carboxylic acids is 2. The number of ether oxygens (including phenoxy) is 1.